The number of hydrogen-bond donors (Lipinski definition) is 0. The van der Waals surface area contributed by atoms with Crippen LogP contribution in [0, 0.1) is 6.92 Å². The maximum atomic E-state index is 12.1. The fraction of sp³-hybridized carbons (Fsp3) is 0.286. The molecule has 0 spiro atoms. The lowest BCUT2D eigenvalue weighted by Crippen LogP contribution is -2.11. The van der Waals surface area contributed by atoms with Crippen LogP contribution in [-0.2, 0) is 14.6 Å². The van der Waals surface area contributed by atoms with Gasteiger partial charge in [0.15, 0.2) is 9.84 Å². The highest BCUT2D eigenvalue weighted by Crippen LogP contribution is 2.15. The topological polar surface area (TPSA) is 43.4 Å². The van der Waals surface area contributed by atoms with Crippen LogP contribution in [-0.4, -0.2) is 20.8 Å². The van der Waals surface area contributed by atoms with E-state index in [1.54, 1.807) is 43.3 Å². The molecule has 0 bridgehead atoms. The molecule has 1 aromatic carbocycles. The Balaban J connectivity index is 2.87. The zero-order valence-electron chi connectivity index (χ0n) is 10.7. The minimum atomic E-state index is -3.35. The van der Waals surface area contributed by atoms with Crippen molar-refractivity contribution in [2.24, 2.45) is 0 Å². The van der Waals surface area contributed by atoms with Gasteiger partial charge in [0.05, 0.1) is 4.90 Å². The van der Waals surface area contributed by atoms with Crippen LogP contribution in [0.2, 0.25) is 0 Å². The summed E-state index contributed by atoms with van der Waals surface area (Å²) in [5.41, 5.74) is 1.03. The highest BCUT2D eigenvalue weighted by atomic mass is 32.2. The van der Waals surface area contributed by atoms with Crippen molar-refractivity contribution in [2.75, 3.05) is 12.4 Å². The van der Waals surface area contributed by atoms with Crippen LogP contribution in [0.15, 0.2) is 53.7 Å². The van der Waals surface area contributed by atoms with Gasteiger partial charge in [0, 0.05) is 0 Å². The molecule has 0 aliphatic heterocycles. The van der Waals surface area contributed by atoms with Crippen LogP contribution < -0.4 is 0 Å². The average Bonchev–Trinajstić information content (AvgIpc) is 2.35. The molecule has 3 nitrogen and oxygen atoms in total. The van der Waals surface area contributed by atoms with Crippen LogP contribution >= 0.6 is 0 Å². The van der Waals surface area contributed by atoms with Gasteiger partial charge in [-0.15, -0.1) is 0 Å². The van der Waals surface area contributed by atoms with Crippen LogP contribution in [0.4, 0.5) is 0 Å². The molecule has 1 rings (SSSR count). The lowest BCUT2D eigenvalue weighted by atomic mass is 10.2. The van der Waals surface area contributed by atoms with Gasteiger partial charge >= 0.3 is 0 Å². The summed E-state index contributed by atoms with van der Waals surface area (Å²) in [4.78, 5) is 0.314. The third kappa shape index (κ3) is 4.04. The van der Waals surface area contributed by atoms with Gasteiger partial charge in [0.1, 0.15) is 18.1 Å². The van der Waals surface area contributed by atoms with Gasteiger partial charge in [-0.05, 0) is 32.1 Å². The average molecular weight is 266 g/mol. The van der Waals surface area contributed by atoms with Crippen LogP contribution in [0.5, 0.6) is 0 Å². The fourth-order valence-electron chi connectivity index (χ4n) is 1.39. The minimum absolute atomic E-state index is 0.125. The SMILES string of the molecule is C=CCO/C(=C/C)CS(=O)(=O)c1ccc(C)cc1. The van der Waals surface area contributed by atoms with E-state index in [9.17, 15) is 8.42 Å². The second-order valence-corrected chi connectivity index (χ2v) is 5.92. The number of hydrogen-bond acceptors (Lipinski definition) is 3. The predicted molar refractivity (Wildman–Crippen MR) is 73.1 cm³/mol. The molecular formula is C14H18O3S. The lowest BCUT2D eigenvalue weighted by Gasteiger charge is -2.09. The van der Waals surface area contributed by atoms with E-state index in [-0.39, 0.29) is 5.75 Å². The quantitative estimate of drug-likeness (QED) is 0.587. The summed E-state index contributed by atoms with van der Waals surface area (Å²) < 4.78 is 29.5. The molecule has 0 radical (unpaired) electrons. The fourth-order valence-corrected chi connectivity index (χ4v) is 2.73. The molecular weight excluding hydrogens is 248 g/mol. The molecule has 0 aliphatic rings. The molecule has 98 valence electrons. The van der Waals surface area contributed by atoms with Crippen molar-refractivity contribution in [1.82, 2.24) is 0 Å². The molecule has 0 fully saturated rings. The van der Waals surface area contributed by atoms with Crippen molar-refractivity contribution in [2.45, 2.75) is 18.7 Å². The van der Waals surface area contributed by atoms with Gasteiger partial charge in [-0.3, -0.25) is 0 Å². The Labute approximate surface area is 109 Å². The van der Waals surface area contributed by atoms with E-state index in [1.807, 2.05) is 6.92 Å². The van der Waals surface area contributed by atoms with Crippen molar-refractivity contribution < 1.29 is 13.2 Å². The van der Waals surface area contributed by atoms with Gasteiger partial charge in [0.25, 0.3) is 0 Å². The second kappa shape index (κ2) is 6.40. The van der Waals surface area contributed by atoms with Gasteiger partial charge in [-0.1, -0.05) is 30.4 Å². The van der Waals surface area contributed by atoms with Crippen molar-refractivity contribution in [3.05, 3.63) is 54.3 Å². The molecule has 0 saturated carbocycles. The first kappa shape index (κ1) is 14.5. The Morgan fingerprint density at radius 3 is 2.44 bits per heavy atom. The molecule has 0 unspecified atom stereocenters. The van der Waals surface area contributed by atoms with Crippen LogP contribution in [0.1, 0.15) is 12.5 Å². The maximum absolute atomic E-state index is 12.1. The van der Waals surface area contributed by atoms with E-state index in [4.69, 9.17) is 4.74 Å². The zero-order chi connectivity index (χ0) is 13.6. The minimum Gasteiger partial charge on any atom is -0.493 e. The molecule has 0 heterocycles. The highest BCUT2D eigenvalue weighted by molar-refractivity contribution is 7.91. The normalized spacial score (nSPS) is 12.2. The summed E-state index contributed by atoms with van der Waals surface area (Å²) in [7, 11) is -3.35. The monoisotopic (exact) mass is 266 g/mol. The molecule has 0 amide bonds. The van der Waals surface area contributed by atoms with Gasteiger partial charge in [-0.2, -0.15) is 0 Å². The van der Waals surface area contributed by atoms with E-state index in [1.165, 1.54) is 0 Å². The summed E-state index contributed by atoms with van der Waals surface area (Å²) in [6.45, 7) is 7.51. The molecule has 0 aliphatic carbocycles. The number of rotatable bonds is 6. The predicted octanol–water partition coefficient (Wildman–Crippen LogP) is 2.88. The third-order valence-electron chi connectivity index (χ3n) is 2.42. The van der Waals surface area contributed by atoms with Gasteiger partial charge < -0.3 is 4.74 Å². The third-order valence-corrected chi connectivity index (χ3v) is 4.08. The Hall–Kier alpha value is -1.55. The lowest BCUT2D eigenvalue weighted by molar-refractivity contribution is 0.250. The van der Waals surface area contributed by atoms with E-state index in [0.717, 1.165) is 5.56 Å². The van der Waals surface area contributed by atoms with E-state index in [2.05, 4.69) is 6.58 Å². The van der Waals surface area contributed by atoms with E-state index < -0.39 is 9.84 Å². The summed E-state index contributed by atoms with van der Waals surface area (Å²) >= 11 is 0. The number of aryl methyl sites for hydroxylation is 1. The first-order valence-electron chi connectivity index (χ1n) is 5.68. The first-order chi connectivity index (χ1) is 8.49. The van der Waals surface area contributed by atoms with E-state index in [0.29, 0.717) is 17.3 Å². The molecule has 1 aromatic rings. The molecule has 0 aromatic heterocycles. The smallest absolute Gasteiger partial charge is 0.185 e. The molecule has 0 saturated heterocycles. The summed E-state index contributed by atoms with van der Waals surface area (Å²) in [6.07, 6.45) is 3.25. The first-order valence-corrected chi connectivity index (χ1v) is 7.33. The Morgan fingerprint density at radius 1 is 1.33 bits per heavy atom. The molecule has 0 atom stereocenters. The highest BCUT2D eigenvalue weighted by Gasteiger charge is 2.17. The standard InChI is InChI=1S/C14H18O3S/c1-4-10-17-13(5-2)11-18(15,16)14-8-6-12(3)7-9-14/h4-9H,1,10-11H2,2-3H3/b13-5+. The number of ether oxygens (including phenoxy) is 1. The van der Waals surface area contributed by atoms with Crippen molar-refractivity contribution >= 4 is 9.84 Å². The Morgan fingerprint density at radius 2 is 1.94 bits per heavy atom. The summed E-state index contributed by atoms with van der Waals surface area (Å²) in [5, 5.41) is 0. The summed E-state index contributed by atoms with van der Waals surface area (Å²) in [6, 6.07) is 6.80. The second-order valence-electron chi connectivity index (χ2n) is 3.93. The van der Waals surface area contributed by atoms with Crippen LogP contribution in [0.3, 0.4) is 0 Å². The Bertz CT molecular complexity index is 525. The maximum Gasteiger partial charge on any atom is 0.185 e. The number of allylic oxidation sites excluding steroid dienone is 1. The number of benzene rings is 1. The zero-order valence-corrected chi connectivity index (χ0v) is 11.5. The van der Waals surface area contributed by atoms with E-state index >= 15 is 0 Å². The van der Waals surface area contributed by atoms with Gasteiger partial charge in [0.2, 0.25) is 0 Å². The van der Waals surface area contributed by atoms with Crippen molar-refractivity contribution in [3.63, 3.8) is 0 Å². The molecule has 0 N–H and O–H groups in total. The Kier molecular flexibility index (Phi) is 5.16. The van der Waals surface area contributed by atoms with Crippen molar-refractivity contribution in [1.29, 1.82) is 0 Å². The van der Waals surface area contributed by atoms with Gasteiger partial charge in [-0.25, -0.2) is 8.42 Å². The molecule has 4 heteroatoms. The summed E-state index contributed by atoms with van der Waals surface area (Å²) in [5.74, 6) is 0.316. The number of sulfone groups is 1. The largest absolute Gasteiger partial charge is 0.493 e. The molecule has 18 heavy (non-hydrogen) atoms. The van der Waals surface area contributed by atoms with Crippen LogP contribution in [0.25, 0.3) is 0 Å². The van der Waals surface area contributed by atoms with Crippen molar-refractivity contribution in [3.8, 4) is 0 Å².